The van der Waals surface area contributed by atoms with E-state index in [1.54, 1.807) is 18.6 Å². The number of aromatic nitrogens is 2. The van der Waals surface area contributed by atoms with Gasteiger partial charge in [0, 0.05) is 50.8 Å². The van der Waals surface area contributed by atoms with E-state index in [1.165, 1.54) is 0 Å². The zero-order chi connectivity index (χ0) is 20.1. The number of amides is 2. The number of carbonyl (C=O) groups is 2. The Balaban J connectivity index is 1.25. The van der Waals surface area contributed by atoms with Gasteiger partial charge in [0.15, 0.2) is 0 Å². The average Bonchev–Trinajstić information content (AvgIpc) is 3.33. The van der Waals surface area contributed by atoms with E-state index in [-0.39, 0.29) is 17.7 Å². The van der Waals surface area contributed by atoms with Crippen molar-refractivity contribution in [1.82, 2.24) is 25.1 Å². The first-order chi connectivity index (χ1) is 14.2. The molecule has 0 radical (unpaired) electrons. The van der Waals surface area contributed by atoms with Crippen molar-refractivity contribution in [3.05, 3.63) is 54.1 Å². The molecule has 2 amide bonds. The number of nitrogens with one attached hydrogen (secondary N) is 2. The van der Waals surface area contributed by atoms with Gasteiger partial charge in [-0.25, -0.2) is 0 Å². The van der Waals surface area contributed by atoms with Crippen molar-refractivity contribution in [3.63, 3.8) is 0 Å². The van der Waals surface area contributed by atoms with Crippen molar-refractivity contribution >= 4 is 11.8 Å². The van der Waals surface area contributed by atoms with Gasteiger partial charge in [-0.3, -0.25) is 19.5 Å². The second kappa shape index (κ2) is 9.22. The molecule has 2 aromatic rings. The second-order valence-electron chi connectivity index (χ2n) is 8.02. The van der Waals surface area contributed by atoms with Crippen molar-refractivity contribution in [2.24, 2.45) is 5.92 Å². The number of hydrogen-bond acceptors (Lipinski definition) is 4. The Bertz CT molecular complexity index is 800. The summed E-state index contributed by atoms with van der Waals surface area (Å²) >= 11 is 0. The minimum atomic E-state index is 0.0407. The minimum Gasteiger partial charge on any atom is -0.357 e. The number of carbonyl (C=O) groups excluding carboxylic acids is 2. The molecule has 2 aliphatic rings. The summed E-state index contributed by atoms with van der Waals surface area (Å²) in [6.45, 7) is 3.94. The lowest BCUT2D eigenvalue weighted by Crippen LogP contribution is -2.51. The summed E-state index contributed by atoms with van der Waals surface area (Å²) in [6, 6.07) is 8.00. The Labute approximate surface area is 171 Å². The van der Waals surface area contributed by atoms with Crippen LogP contribution in [0.4, 0.5) is 0 Å². The quantitative estimate of drug-likeness (QED) is 0.812. The first-order valence-electron chi connectivity index (χ1n) is 10.5. The predicted molar refractivity (Wildman–Crippen MR) is 110 cm³/mol. The topological polar surface area (TPSA) is 81.3 Å². The van der Waals surface area contributed by atoms with Crippen molar-refractivity contribution in [2.45, 2.75) is 38.3 Å². The fourth-order valence-corrected chi connectivity index (χ4v) is 4.46. The van der Waals surface area contributed by atoms with Gasteiger partial charge in [-0.1, -0.05) is 6.07 Å². The Morgan fingerprint density at radius 3 is 2.72 bits per heavy atom. The summed E-state index contributed by atoms with van der Waals surface area (Å²) in [4.78, 5) is 36.7. The van der Waals surface area contributed by atoms with Crippen LogP contribution in [0.5, 0.6) is 0 Å². The van der Waals surface area contributed by atoms with Crippen LogP contribution in [0, 0.1) is 5.92 Å². The Morgan fingerprint density at radius 1 is 1.14 bits per heavy atom. The van der Waals surface area contributed by atoms with Gasteiger partial charge in [0.25, 0.3) is 5.91 Å². The third-order valence-corrected chi connectivity index (χ3v) is 6.11. The largest absolute Gasteiger partial charge is 0.357 e. The lowest BCUT2D eigenvalue weighted by Gasteiger charge is -2.42. The predicted octanol–water partition coefficient (Wildman–Crippen LogP) is 2.04. The summed E-state index contributed by atoms with van der Waals surface area (Å²) in [5, 5.41) is 3.07. The van der Waals surface area contributed by atoms with E-state index in [4.69, 9.17) is 0 Å². The number of pyridine rings is 1. The number of H-pyrrole nitrogens is 1. The highest BCUT2D eigenvalue weighted by atomic mass is 16.2. The molecule has 2 N–H and O–H groups in total. The summed E-state index contributed by atoms with van der Waals surface area (Å²) < 4.78 is 0. The fraction of sp³-hybridized carbons (Fsp3) is 0.500. The molecule has 1 unspecified atom stereocenters. The lowest BCUT2D eigenvalue weighted by atomic mass is 9.93. The van der Waals surface area contributed by atoms with Crippen LogP contribution in [0.2, 0.25) is 0 Å². The van der Waals surface area contributed by atoms with Crippen LogP contribution in [-0.4, -0.2) is 63.8 Å². The number of likely N-dealkylation sites (tertiary alicyclic amines) is 2. The Hall–Kier alpha value is -2.67. The molecule has 0 saturated carbocycles. The molecule has 0 spiro atoms. The standard InChI is InChI=1S/C22H29N5O2/c28-21(25-15-17-4-1-9-23-14-17)18-5-3-11-27(16-18)19-7-12-26(13-8-19)22(29)20-6-2-10-24-20/h1-2,4,6,9-10,14,18-19,24H,3,5,7-8,11-13,15-16H2,(H,25,28). The molecule has 29 heavy (non-hydrogen) atoms. The summed E-state index contributed by atoms with van der Waals surface area (Å²) in [5.74, 6) is 0.261. The molecule has 1 atom stereocenters. The van der Waals surface area contributed by atoms with E-state index in [1.807, 2.05) is 29.2 Å². The van der Waals surface area contributed by atoms with E-state index in [0.717, 1.165) is 57.4 Å². The monoisotopic (exact) mass is 395 g/mol. The van der Waals surface area contributed by atoms with E-state index in [2.05, 4.69) is 20.2 Å². The van der Waals surface area contributed by atoms with E-state index < -0.39 is 0 Å². The maximum Gasteiger partial charge on any atom is 0.270 e. The van der Waals surface area contributed by atoms with Gasteiger partial charge < -0.3 is 15.2 Å². The fourth-order valence-electron chi connectivity index (χ4n) is 4.46. The minimum absolute atomic E-state index is 0.0407. The molecule has 2 fully saturated rings. The molecular formula is C22H29N5O2. The average molecular weight is 396 g/mol. The lowest BCUT2D eigenvalue weighted by molar-refractivity contribution is -0.127. The molecule has 2 saturated heterocycles. The number of piperidine rings is 2. The molecule has 0 aromatic carbocycles. The molecule has 7 nitrogen and oxygen atoms in total. The smallest absolute Gasteiger partial charge is 0.270 e. The van der Waals surface area contributed by atoms with Crippen LogP contribution in [0.25, 0.3) is 0 Å². The molecule has 0 aliphatic carbocycles. The summed E-state index contributed by atoms with van der Waals surface area (Å²) in [5.41, 5.74) is 1.68. The molecule has 7 heteroatoms. The van der Waals surface area contributed by atoms with Crippen molar-refractivity contribution in [3.8, 4) is 0 Å². The van der Waals surface area contributed by atoms with Crippen molar-refractivity contribution in [1.29, 1.82) is 0 Å². The van der Waals surface area contributed by atoms with Crippen LogP contribution in [0.1, 0.15) is 41.7 Å². The molecular weight excluding hydrogens is 366 g/mol. The van der Waals surface area contributed by atoms with E-state index >= 15 is 0 Å². The molecule has 2 aliphatic heterocycles. The van der Waals surface area contributed by atoms with Crippen LogP contribution >= 0.6 is 0 Å². The molecule has 154 valence electrons. The van der Waals surface area contributed by atoms with Gasteiger partial charge in [-0.15, -0.1) is 0 Å². The van der Waals surface area contributed by atoms with Crippen LogP contribution in [0.3, 0.4) is 0 Å². The molecule has 4 heterocycles. The number of rotatable bonds is 5. The Morgan fingerprint density at radius 2 is 2.00 bits per heavy atom. The highest BCUT2D eigenvalue weighted by Gasteiger charge is 2.32. The van der Waals surface area contributed by atoms with Crippen molar-refractivity contribution < 1.29 is 9.59 Å². The van der Waals surface area contributed by atoms with Gasteiger partial charge in [0.1, 0.15) is 5.69 Å². The van der Waals surface area contributed by atoms with Gasteiger partial charge in [-0.2, -0.15) is 0 Å². The van der Waals surface area contributed by atoms with Gasteiger partial charge in [0.2, 0.25) is 5.91 Å². The van der Waals surface area contributed by atoms with Crippen LogP contribution in [-0.2, 0) is 11.3 Å². The number of hydrogen-bond donors (Lipinski definition) is 2. The maximum absolute atomic E-state index is 12.7. The number of nitrogens with zero attached hydrogens (tertiary/aromatic N) is 3. The summed E-state index contributed by atoms with van der Waals surface area (Å²) in [7, 11) is 0. The molecule has 0 bridgehead atoms. The zero-order valence-corrected chi connectivity index (χ0v) is 16.7. The zero-order valence-electron chi connectivity index (χ0n) is 16.7. The summed E-state index contributed by atoms with van der Waals surface area (Å²) in [6.07, 6.45) is 9.24. The van der Waals surface area contributed by atoms with Crippen molar-refractivity contribution in [2.75, 3.05) is 26.2 Å². The van der Waals surface area contributed by atoms with Gasteiger partial charge >= 0.3 is 0 Å². The maximum atomic E-state index is 12.7. The van der Waals surface area contributed by atoms with Gasteiger partial charge in [-0.05, 0) is 56.0 Å². The second-order valence-corrected chi connectivity index (χ2v) is 8.02. The molecule has 4 rings (SSSR count). The van der Waals surface area contributed by atoms with Crippen LogP contribution < -0.4 is 5.32 Å². The molecule has 2 aromatic heterocycles. The third kappa shape index (κ3) is 4.85. The Kier molecular flexibility index (Phi) is 6.24. The van der Waals surface area contributed by atoms with E-state index in [9.17, 15) is 9.59 Å². The highest BCUT2D eigenvalue weighted by Crippen LogP contribution is 2.24. The van der Waals surface area contributed by atoms with E-state index in [0.29, 0.717) is 18.3 Å². The third-order valence-electron chi connectivity index (χ3n) is 6.11. The van der Waals surface area contributed by atoms with Gasteiger partial charge in [0.05, 0.1) is 5.92 Å². The van der Waals surface area contributed by atoms with Crippen LogP contribution in [0.15, 0.2) is 42.9 Å². The first kappa shape index (κ1) is 19.6. The first-order valence-corrected chi connectivity index (χ1v) is 10.5. The SMILES string of the molecule is O=C(NCc1cccnc1)C1CCCN(C2CCN(C(=O)c3ccc[nH]3)CC2)C1. The highest BCUT2D eigenvalue weighted by molar-refractivity contribution is 5.92. The number of aromatic amines is 1. The normalized spacial score (nSPS) is 21.1.